The predicted molar refractivity (Wildman–Crippen MR) is 70.6 cm³/mol. The monoisotopic (exact) mass is 255 g/mol. The van der Waals surface area contributed by atoms with Crippen LogP contribution in [0.4, 0.5) is 5.13 Å². The summed E-state index contributed by atoms with van der Waals surface area (Å²) in [5.41, 5.74) is 0. The maximum atomic E-state index is 5.38. The van der Waals surface area contributed by atoms with Gasteiger partial charge in [0, 0.05) is 36.7 Å². The van der Waals surface area contributed by atoms with Crippen molar-refractivity contribution >= 4 is 16.7 Å². The van der Waals surface area contributed by atoms with Crippen molar-refractivity contribution in [1.82, 2.24) is 9.36 Å². The molecule has 4 nitrogen and oxygen atoms in total. The summed E-state index contributed by atoms with van der Waals surface area (Å²) in [6.45, 7) is 8.25. The fourth-order valence-electron chi connectivity index (χ4n) is 2.06. The lowest BCUT2D eigenvalue weighted by Gasteiger charge is -2.28. The number of aromatic nitrogens is 2. The van der Waals surface area contributed by atoms with Crippen LogP contribution in [0, 0.1) is 5.92 Å². The van der Waals surface area contributed by atoms with E-state index in [1.807, 2.05) is 0 Å². The Labute approximate surface area is 107 Å². The molecular formula is C12H21N3OS. The van der Waals surface area contributed by atoms with Crippen LogP contribution in [0.15, 0.2) is 0 Å². The van der Waals surface area contributed by atoms with E-state index >= 15 is 0 Å². The third kappa shape index (κ3) is 3.39. The van der Waals surface area contributed by atoms with Crippen molar-refractivity contribution in [2.24, 2.45) is 5.92 Å². The molecule has 0 spiro atoms. The van der Waals surface area contributed by atoms with Crippen LogP contribution < -0.4 is 5.32 Å². The van der Waals surface area contributed by atoms with E-state index in [0.29, 0.717) is 17.9 Å². The summed E-state index contributed by atoms with van der Waals surface area (Å²) >= 11 is 1.47. The summed E-state index contributed by atoms with van der Waals surface area (Å²) in [4.78, 5) is 4.51. The van der Waals surface area contributed by atoms with Gasteiger partial charge in [0.05, 0.1) is 0 Å². The van der Waals surface area contributed by atoms with Gasteiger partial charge in [0.1, 0.15) is 5.82 Å². The van der Waals surface area contributed by atoms with Crippen LogP contribution in [0.1, 0.15) is 45.4 Å². The van der Waals surface area contributed by atoms with Crippen molar-refractivity contribution in [2.45, 2.75) is 45.6 Å². The lowest BCUT2D eigenvalue weighted by molar-refractivity contribution is 0.0622. The molecule has 1 aliphatic heterocycles. The van der Waals surface area contributed by atoms with Crippen LogP contribution in [-0.4, -0.2) is 28.6 Å². The average Bonchev–Trinajstić information content (AvgIpc) is 2.79. The second-order valence-corrected chi connectivity index (χ2v) is 5.75. The molecule has 2 rings (SSSR count). The molecule has 17 heavy (non-hydrogen) atoms. The maximum absolute atomic E-state index is 5.38. The highest BCUT2D eigenvalue weighted by Gasteiger charge is 2.21. The van der Waals surface area contributed by atoms with Gasteiger partial charge in [-0.15, -0.1) is 0 Å². The molecule has 1 aromatic rings. The van der Waals surface area contributed by atoms with Gasteiger partial charge in [-0.05, 0) is 25.7 Å². The highest BCUT2D eigenvalue weighted by atomic mass is 32.1. The summed E-state index contributed by atoms with van der Waals surface area (Å²) < 4.78 is 9.74. The van der Waals surface area contributed by atoms with Crippen molar-refractivity contribution in [3.63, 3.8) is 0 Å². The SMILES string of the molecule is CC(C)c1nsc(NC(C)C2CCOCC2)n1. The van der Waals surface area contributed by atoms with Gasteiger partial charge in [0.25, 0.3) is 0 Å². The van der Waals surface area contributed by atoms with E-state index in [-0.39, 0.29) is 0 Å². The zero-order chi connectivity index (χ0) is 12.3. The summed E-state index contributed by atoms with van der Waals surface area (Å²) in [7, 11) is 0. The molecule has 0 saturated carbocycles. The van der Waals surface area contributed by atoms with Gasteiger partial charge >= 0.3 is 0 Å². The van der Waals surface area contributed by atoms with E-state index in [1.54, 1.807) is 0 Å². The summed E-state index contributed by atoms with van der Waals surface area (Å²) in [5.74, 6) is 2.03. The van der Waals surface area contributed by atoms with Crippen molar-refractivity contribution in [3.05, 3.63) is 5.82 Å². The van der Waals surface area contributed by atoms with Gasteiger partial charge in [-0.3, -0.25) is 0 Å². The Morgan fingerprint density at radius 1 is 1.29 bits per heavy atom. The quantitative estimate of drug-likeness (QED) is 0.898. The molecule has 1 N–H and O–H groups in total. The van der Waals surface area contributed by atoms with Crippen LogP contribution >= 0.6 is 11.5 Å². The van der Waals surface area contributed by atoms with E-state index in [9.17, 15) is 0 Å². The molecule has 1 atom stereocenters. The first-order chi connectivity index (χ1) is 8.16. The third-order valence-corrected chi connectivity index (χ3v) is 3.94. The second kappa shape index (κ2) is 5.78. The summed E-state index contributed by atoms with van der Waals surface area (Å²) in [6, 6.07) is 0.451. The van der Waals surface area contributed by atoms with Gasteiger partial charge in [0.2, 0.25) is 5.13 Å². The Kier molecular flexibility index (Phi) is 4.34. The minimum atomic E-state index is 0.403. The molecule has 96 valence electrons. The molecule has 0 aliphatic carbocycles. The molecular weight excluding hydrogens is 234 g/mol. The maximum Gasteiger partial charge on any atom is 0.202 e. The van der Waals surface area contributed by atoms with Crippen LogP contribution in [0.3, 0.4) is 0 Å². The third-order valence-electron chi connectivity index (χ3n) is 3.28. The van der Waals surface area contributed by atoms with Gasteiger partial charge < -0.3 is 10.1 Å². The van der Waals surface area contributed by atoms with Crippen molar-refractivity contribution < 1.29 is 4.74 Å². The number of hydrogen-bond acceptors (Lipinski definition) is 5. The van der Waals surface area contributed by atoms with E-state index < -0.39 is 0 Å². The van der Waals surface area contributed by atoms with Gasteiger partial charge in [-0.25, -0.2) is 4.98 Å². The molecule has 1 unspecified atom stereocenters. The number of nitrogens with one attached hydrogen (secondary N) is 1. The summed E-state index contributed by atoms with van der Waals surface area (Å²) in [6.07, 6.45) is 2.29. The van der Waals surface area contributed by atoms with Crippen LogP contribution in [-0.2, 0) is 4.74 Å². The van der Waals surface area contributed by atoms with Crippen molar-refractivity contribution in [1.29, 1.82) is 0 Å². The number of anilines is 1. The number of nitrogens with zero attached hydrogens (tertiary/aromatic N) is 2. The fraction of sp³-hybridized carbons (Fsp3) is 0.833. The smallest absolute Gasteiger partial charge is 0.202 e. The van der Waals surface area contributed by atoms with Gasteiger partial charge in [-0.1, -0.05) is 13.8 Å². The second-order valence-electron chi connectivity index (χ2n) is 5.00. The normalized spacial score (nSPS) is 19.5. The zero-order valence-corrected chi connectivity index (χ0v) is 11.6. The molecule has 1 saturated heterocycles. The highest BCUT2D eigenvalue weighted by Crippen LogP contribution is 2.23. The molecule has 1 fully saturated rings. The topological polar surface area (TPSA) is 47.0 Å². The average molecular weight is 255 g/mol. The van der Waals surface area contributed by atoms with Crippen molar-refractivity contribution in [2.75, 3.05) is 18.5 Å². The standard InChI is InChI=1S/C12H21N3OS/c1-8(2)11-14-12(17-15-11)13-9(3)10-4-6-16-7-5-10/h8-10H,4-7H2,1-3H3,(H,13,14,15). The molecule has 5 heteroatoms. The van der Waals surface area contributed by atoms with E-state index in [4.69, 9.17) is 4.74 Å². The number of ether oxygens (including phenoxy) is 1. The predicted octanol–water partition coefficient (Wildman–Crippen LogP) is 2.89. The molecule has 0 bridgehead atoms. The lowest BCUT2D eigenvalue weighted by Crippen LogP contribution is -2.30. The minimum absolute atomic E-state index is 0.403. The van der Waals surface area contributed by atoms with Gasteiger partial charge in [0.15, 0.2) is 0 Å². The Morgan fingerprint density at radius 3 is 2.59 bits per heavy atom. The summed E-state index contributed by atoms with van der Waals surface area (Å²) in [5, 5.41) is 4.43. The first-order valence-corrected chi connectivity index (χ1v) is 7.12. The molecule has 0 radical (unpaired) electrons. The Bertz CT molecular complexity index is 347. The first-order valence-electron chi connectivity index (χ1n) is 6.34. The Hall–Kier alpha value is -0.680. The zero-order valence-electron chi connectivity index (χ0n) is 10.8. The highest BCUT2D eigenvalue weighted by molar-refractivity contribution is 7.09. The molecule has 0 amide bonds. The molecule has 1 aromatic heterocycles. The Morgan fingerprint density at radius 2 is 2.00 bits per heavy atom. The molecule has 0 aromatic carbocycles. The molecule has 2 heterocycles. The number of hydrogen-bond donors (Lipinski definition) is 1. The van der Waals surface area contributed by atoms with E-state index in [2.05, 4.69) is 35.4 Å². The largest absolute Gasteiger partial charge is 0.381 e. The van der Waals surface area contributed by atoms with Gasteiger partial charge in [-0.2, -0.15) is 4.37 Å². The first kappa shape index (κ1) is 12.8. The fourth-order valence-corrected chi connectivity index (χ4v) is 2.86. The van der Waals surface area contributed by atoms with E-state index in [0.717, 1.165) is 37.0 Å². The number of rotatable bonds is 4. The lowest BCUT2D eigenvalue weighted by atomic mass is 9.93. The van der Waals surface area contributed by atoms with Crippen LogP contribution in [0.5, 0.6) is 0 Å². The van der Waals surface area contributed by atoms with Crippen molar-refractivity contribution in [3.8, 4) is 0 Å². The minimum Gasteiger partial charge on any atom is -0.381 e. The van der Waals surface area contributed by atoms with E-state index in [1.165, 1.54) is 11.5 Å². The van der Waals surface area contributed by atoms with Crippen LogP contribution in [0.2, 0.25) is 0 Å². The molecule has 1 aliphatic rings. The Balaban J connectivity index is 1.90. The van der Waals surface area contributed by atoms with Crippen LogP contribution in [0.25, 0.3) is 0 Å².